The van der Waals surface area contributed by atoms with E-state index in [4.69, 9.17) is 5.26 Å². The predicted octanol–water partition coefficient (Wildman–Crippen LogP) is 2.72. The fraction of sp³-hybridized carbons (Fsp3) is 0.364. The van der Waals surface area contributed by atoms with Crippen molar-refractivity contribution in [1.82, 2.24) is 0 Å². The van der Waals surface area contributed by atoms with Crippen LogP contribution in [0.3, 0.4) is 0 Å². The Morgan fingerprint density at radius 3 is 2.65 bits per heavy atom. The molecule has 92 valence electrons. The maximum absolute atomic E-state index is 11.8. The van der Waals surface area contributed by atoms with Crippen LogP contribution in [0, 0.1) is 17.2 Å². The summed E-state index contributed by atoms with van der Waals surface area (Å²) in [7, 11) is -3.41. The Kier molecular flexibility index (Phi) is 4.54. The third-order valence-corrected chi connectivity index (χ3v) is 4.05. The van der Waals surface area contributed by atoms with Gasteiger partial charge in [0, 0.05) is 4.47 Å². The lowest BCUT2D eigenvalue weighted by Crippen LogP contribution is -2.20. The third-order valence-electron chi connectivity index (χ3n) is 1.92. The molecule has 1 N–H and O–H groups in total. The number of sulfonamides is 1. The molecule has 1 rings (SSSR count). The summed E-state index contributed by atoms with van der Waals surface area (Å²) in [5.74, 6) is 0.0647. The maximum Gasteiger partial charge on any atom is 0.233 e. The van der Waals surface area contributed by atoms with Crippen molar-refractivity contribution in [3.63, 3.8) is 0 Å². The Balaban J connectivity index is 3.03. The first-order chi connectivity index (χ1) is 7.84. The average Bonchev–Trinajstić information content (AvgIpc) is 2.14. The van der Waals surface area contributed by atoms with Gasteiger partial charge >= 0.3 is 0 Å². The molecule has 0 heterocycles. The molecular weight excluding hydrogens is 304 g/mol. The number of hydrogen-bond acceptors (Lipinski definition) is 3. The minimum absolute atomic E-state index is 0.0321. The van der Waals surface area contributed by atoms with Gasteiger partial charge in [-0.15, -0.1) is 0 Å². The van der Waals surface area contributed by atoms with Gasteiger partial charge in [-0.1, -0.05) is 29.8 Å². The van der Waals surface area contributed by atoms with Crippen LogP contribution < -0.4 is 4.72 Å². The number of benzene rings is 1. The number of hydrogen-bond donors (Lipinski definition) is 1. The normalized spacial score (nSPS) is 11.2. The second-order valence-electron chi connectivity index (χ2n) is 4.08. The third kappa shape index (κ3) is 4.36. The molecule has 0 saturated carbocycles. The van der Waals surface area contributed by atoms with E-state index in [1.165, 1.54) is 0 Å². The zero-order valence-electron chi connectivity index (χ0n) is 9.57. The fourth-order valence-corrected chi connectivity index (χ4v) is 3.17. The number of nitriles is 1. The molecule has 0 aliphatic rings. The van der Waals surface area contributed by atoms with Crippen molar-refractivity contribution >= 4 is 31.6 Å². The van der Waals surface area contributed by atoms with Crippen molar-refractivity contribution in [2.24, 2.45) is 5.92 Å². The van der Waals surface area contributed by atoms with Gasteiger partial charge in [0.05, 0.1) is 17.0 Å². The van der Waals surface area contributed by atoms with E-state index in [1.54, 1.807) is 18.2 Å². The Hall–Kier alpha value is -1.06. The number of anilines is 1. The highest BCUT2D eigenvalue weighted by atomic mass is 79.9. The summed E-state index contributed by atoms with van der Waals surface area (Å²) >= 11 is 3.24. The molecule has 17 heavy (non-hydrogen) atoms. The first kappa shape index (κ1) is 14.0. The van der Waals surface area contributed by atoms with E-state index >= 15 is 0 Å². The molecule has 6 heteroatoms. The SMILES string of the molecule is CC(C)CS(=O)(=O)Nc1cc(Br)ccc1C#N. The summed E-state index contributed by atoms with van der Waals surface area (Å²) in [4.78, 5) is 0. The lowest BCUT2D eigenvalue weighted by atomic mass is 10.2. The van der Waals surface area contributed by atoms with Crippen LogP contribution in [0.1, 0.15) is 19.4 Å². The molecule has 0 bridgehead atoms. The van der Waals surface area contributed by atoms with Crippen molar-refractivity contribution in [2.75, 3.05) is 10.5 Å². The number of nitrogens with zero attached hydrogens (tertiary/aromatic N) is 1. The highest BCUT2D eigenvalue weighted by Gasteiger charge is 2.15. The average molecular weight is 317 g/mol. The van der Waals surface area contributed by atoms with E-state index in [2.05, 4.69) is 20.7 Å². The molecule has 0 amide bonds. The van der Waals surface area contributed by atoms with Crippen molar-refractivity contribution in [2.45, 2.75) is 13.8 Å². The summed E-state index contributed by atoms with van der Waals surface area (Å²) in [6, 6.07) is 6.79. The second kappa shape index (κ2) is 5.52. The minimum atomic E-state index is -3.41. The standard InChI is InChI=1S/C11H13BrN2O2S/c1-8(2)7-17(15,16)14-11-5-10(12)4-3-9(11)6-13/h3-5,8,14H,7H2,1-2H3. The maximum atomic E-state index is 11.8. The molecule has 1 aromatic carbocycles. The van der Waals surface area contributed by atoms with Crippen LogP contribution in [0.4, 0.5) is 5.69 Å². The number of rotatable bonds is 4. The monoisotopic (exact) mass is 316 g/mol. The molecule has 0 unspecified atom stereocenters. The minimum Gasteiger partial charge on any atom is -0.282 e. The Labute approximate surface area is 110 Å². The van der Waals surface area contributed by atoms with Crippen LogP contribution in [0.5, 0.6) is 0 Å². The topological polar surface area (TPSA) is 70.0 Å². The zero-order valence-corrected chi connectivity index (χ0v) is 12.0. The Morgan fingerprint density at radius 1 is 1.47 bits per heavy atom. The van der Waals surface area contributed by atoms with E-state index in [0.717, 1.165) is 4.47 Å². The summed E-state index contributed by atoms with van der Waals surface area (Å²) < 4.78 is 26.7. The molecule has 0 aliphatic carbocycles. The van der Waals surface area contributed by atoms with E-state index in [1.807, 2.05) is 19.9 Å². The molecule has 0 aliphatic heterocycles. The summed E-state index contributed by atoms with van der Waals surface area (Å²) in [6.07, 6.45) is 0. The quantitative estimate of drug-likeness (QED) is 0.928. The molecule has 4 nitrogen and oxygen atoms in total. The van der Waals surface area contributed by atoms with Crippen molar-refractivity contribution in [3.8, 4) is 6.07 Å². The fourth-order valence-electron chi connectivity index (χ4n) is 1.35. The van der Waals surface area contributed by atoms with Crippen molar-refractivity contribution in [3.05, 3.63) is 28.2 Å². The van der Waals surface area contributed by atoms with Gasteiger partial charge < -0.3 is 0 Å². The highest BCUT2D eigenvalue weighted by Crippen LogP contribution is 2.22. The van der Waals surface area contributed by atoms with Crippen LogP contribution in [0.15, 0.2) is 22.7 Å². The molecule has 0 spiro atoms. The molecule has 0 saturated heterocycles. The van der Waals surface area contributed by atoms with Crippen LogP contribution in [0.25, 0.3) is 0 Å². The van der Waals surface area contributed by atoms with E-state index in [-0.39, 0.29) is 11.7 Å². The zero-order chi connectivity index (χ0) is 13.1. The lowest BCUT2D eigenvalue weighted by Gasteiger charge is -2.11. The molecule has 0 fully saturated rings. The van der Waals surface area contributed by atoms with Crippen molar-refractivity contribution < 1.29 is 8.42 Å². The predicted molar refractivity (Wildman–Crippen MR) is 71.1 cm³/mol. The first-order valence-electron chi connectivity index (χ1n) is 5.04. The van der Waals surface area contributed by atoms with Crippen LogP contribution in [0.2, 0.25) is 0 Å². The van der Waals surface area contributed by atoms with Crippen molar-refractivity contribution in [1.29, 1.82) is 5.26 Å². The number of halogens is 1. The van der Waals surface area contributed by atoms with E-state index in [9.17, 15) is 8.42 Å². The molecular formula is C11H13BrN2O2S. The molecule has 1 aromatic rings. The smallest absolute Gasteiger partial charge is 0.233 e. The number of nitrogens with one attached hydrogen (secondary N) is 1. The highest BCUT2D eigenvalue weighted by molar-refractivity contribution is 9.10. The van der Waals surface area contributed by atoms with Gasteiger partial charge in [-0.3, -0.25) is 4.72 Å². The Morgan fingerprint density at radius 2 is 2.12 bits per heavy atom. The van der Waals surface area contributed by atoms with Gasteiger partial charge in [0.2, 0.25) is 10.0 Å². The lowest BCUT2D eigenvalue weighted by molar-refractivity contribution is 0.587. The Bertz CT molecular complexity index is 547. The van der Waals surface area contributed by atoms with Gasteiger partial charge in [-0.05, 0) is 24.1 Å². The van der Waals surface area contributed by atoms with Gasteiger partial charge in [-0.2, -0.15) is 5.26 Å². The first-order valence-corrected chi connectivity index (χ1v) is 7.48. The molecule has 0 atom stereocenters. The summed E-state index contributed by atoms with van der Waals surface area (Å²) in [6.45, 7) is 3.65. The van der Waals surface area contributed by atoms with Gasteiger partial charge in [0.25, 0.3) is 0 Å². The van der Waals surface area contributed by atoms with Crippen LogP contribution in [-0.2, 0) is 10.0 Å². The molecule has 0 radical (unpaired) electrons. The van der Waals surface area contributed by atoms with Crippen LogP contribution >= 0.6 is 15.9 Å². The second-order valence-corrected chi connectivity index (χ2v) is 6.76. The van der Waals surface area contributed by atoms with Gasteiger partial charge in [-0.25, -0.2) is 8.42 Å². The van der Waals surface area contributed by atoms with Gasteiger partial charge in [0.15, 0.2) is 0 Å². The molecule has 0 aromatic heterocycles. The summed E-state index contributed by atoms with van der Waals surface area (Å²) in [5, 5.41) is 8.89. The summed E-state index contributed by atoms with van der Waals surface area (Å²) in [5.41, 5.74) is 0.614. The van der Waals surface area contributed by atoms with Crippen LogP contribution in [-0.4, -0.2) is 14.2 Å². The van der Waals surface area contributed by atoms with E-state index < -0.39 is 10.0 Å². The largest absolute Gasteiger partial charge is 0.282 e. The van der Waals surface area contributed by atoms with Gasteiger partial charge in [0.1, 0.15) is 6.07 Å². The van der Waals surface area contributed by atoms with E-state index in [0.29, 0.717) is 11.3 Å².